The Morgan fingerprint density at radius 1 is 1.36 bits per heavy atom. The number of carbonyl (C=O) groups excluding carboxylic acids is 1. The number of amides is 1. The van der Waals surface area contributed by atoms with Crippen molar-refractivity contribution >= 4 is 12.0 Å². The number of hydrogen-bond acceptors (Lipinski definition) is 4. The Balaban J connectivity index is 2.90. The van der Waals surface area contributed by atoms with Crippen LogP contribution < -0.4 is 14.8 Å². The van der Waals surface area contributed by atoms with Crippen molar-refractivity contribution < 1.29 is 14.3 Å². The molecular weight excluding hydrogens is 280 g/mol. The van der Waals surface area contributed by atoms with Gasteiger partial charge in [0.25, 0.3) is 5.91 Å². The average Bonchev–Trinajstić information content (AvgIpc) is 2.56. The Bertz CT molecular complexity index is 574. The van der Waals surface area contributed by atoms with E-state index in [1.807, 2.05) is 6.07 Å². The minimum Gasteiger partial charge on any atom is -0.493 e. The number of methoxy groups -OCH3 is 1. The molecule has 22 heavy (non-hydrogen) atoms. The average molecular weight is 302 g/mol. The summed E-state index contributed by atoms with van der Waals surface area (Å²) in [5, 5.41) is 11.4. The molecule has 5 nitrogen and oxygen atoms in total. The van der Waals surface area contributed by atoms with Gasteiger partial charge in [-0.1, -0.05) is 25.8 Å². The summed E-state index contributed by atoms with van der Waals surface area (Å²) < 4.78 is 11.0. The first-order chi connectivity index (χ1) is 10.7. The number of rotatable bonds is 8. The maximum atomic E-state index is 11.5. The molecule has 0 aliphatic carbocycles. The van der Waals surface area contributed by atoms with Crippen molar-refractivity contribution in [3.8, 4) is 17.6 Å². The lowest BCUT2D eigenvalue weighted by atomic mass is 10.1. The number of benzene rings is 1. The van der Waals surface area contributed by atoms with Gasteiger partial charge >= 0.3 is 0 Å². The van der Waals surface area contributed by atoms with E-state index in [1.165, 1.54) is 13.1 Å². The molecule has 0 aliphatic heterocycles. The van der Waals surface area contributed by atoms with E-state index in [-0.39, 0.29) is 5.57 Å². The smallest absolute Gasteiger partial charge is 0.261 e. The molecule has 0 aromatic heterocycles. The van der Waals surface area contributed by atoms with Crippen LogP contribution in [-0.4, -0.2) is 26.7 Å². The van der Waals surface area contributed by atoms with Gasteiger partial charge in [0.1, 0.15) is 11.6 Å². The molecule has 1 N–H and O–H groups in total. The number of likely N-dealkylation sites (N-methyl/N-ethyl adjacent to an activating group) is 1. The van der Waals surface area contributed by atoms with Gasteiger partial charge in [-0.25, -0.2) is 0 Å². The van der Waals surface area contributed by atoms with Gasteiger partial charge in [-0.05, 0) is 30.2 Å². The third-order valence-electron chi connectivity index (χ3n) is 3.10. The first kappa shape index (κ1) is 17.6. The Hall–Kier alpha value is -2.48. The molecule has 1 amide bonds. The Kier molecular flexibility index (Phi) is 7.55. The maximum absolute atomic E-state index is 11.5. The van der Waals surface area contributed by atoms with Crippen molar-refractivity contribution in [1.82, 2.24) is 5.32 Å². The van der Waals surface area contributed by atoms with Crippen molar-refractivity contribution in [2.45, 2.75) is 26.2 Å². The number of nitrogens with one attached hydrogen (secondary N) is 1. The summed E-state index contributed by atoms with van der Waals surface area (Å²) in [6.45, 7) is 2.78. The molecule has 0 radical (unpaired) electrons. The van der Waals surface area contributed by atoms with Crippen LogP contribution in [0.5, 0.6) is 11.5 Å². The van der Waals surface area contributed by atoms with E-state index in [1.54, 1.807) is 25.3 Å². The van der Waals surface area contributed by atoms with Gasteiger partial charge in [0.05, 0.1) is 13.7 Å². The fraction of sp³-hybridized carbons (Fsp3) is 0.412. The molecule has 0 aliphatic rings. The second-order valence-electron chi connectivity index (χ2n) is 4.71. The van der Waals surface area contributed by atoms with Crippen molar-refractivity contribution in [3.05, 3.63) is 29.3 Å². The van der Waals surface area contributed by atoms with Crippen molar-refractivity contribution in [3.63, 3.8) is 0 Å². The summed E-state index contributed by atoms with van der Waals surface area (Å²) in [6.07, 6.45) is 4.78. The zero-order valence-electron chi connectivity index (χ0n) is 13.3. The highest BCUT2D eigenvalue weighted by molar-refractivity contribution is 6.01. The Morgan fingerprint density at radius 3 is 2.73 bits per heavy atom. The van der Waals surface area contributed by atoms with Crippen LogP contribution in [0, 0.1) is 11.3 Å². The summed E-state index contributed by atoms with van der Waals surface area (Å²) in [4.78, 5) is 11.5. The van der Waals surface area contributed by atoms with E-state index in [0.717, 1.165) is 19.3 Å². The standard InChI is InChI=1S/C17H22N2O3/c1-4-5-6-9-22-15-8-7-13(11-16(15)21-3)10-14(12-18)17(20)19-2/h7-8,10-11H,4-6,9H2,1-3H3,(H,19,20)/b14-10-. The normalized spacial score (nSPS) is 10.7. The maximum Gasteiger partial charge on any atom is 0.261 e. The van der Waals surface area contributed by atoms with E-state index in [2.05, 4.69) is 12.2 Å². The van der Waals surface area contributed by atoms with Crippen LogP contribution in [0.1, 0.15) is 31.7 Å². The van der Waals surface area contributed by atoms with Gasteiger partial charge in [-0.15, -0.1) is 0 Å². The number of nitrogens with zero attached hydrogens (tertiary/aromatic N) is 1. The predicted molar refractivity (Wildman–Crippen MR) is 85.7 cm³/mol. The van der Waals surface area contributed by atoms with Crippen LogP contribution in [0.15, 0.2) is 23.8 Å². The van der Waals surface area contributed by atoms with Gasteiger partial charge in [0, 0.05) is 7.05 Å². The van der Waals surface area contributed by atoms with E-state index >= 15 is 0 Å². The van der Waals surface area contributed by atoms with Crippen molar-refractivity contribution in [2.75, 3.05) is 20.8 Å². The number of unbranched alkanes of at least 4 members (excludes halogenated alkanes) is 2. The first-order valence-electron chi connectivity index (χ1n) is 7.31. The second-order valence-corrected chi connectivity index (χ2v) is 4.71. The topological polar surface area (TPSA) is 71.3 Å². The molecule has 0 unspecified atom stereocenters. The fourth-order valence-electron chi connectivity index (χ4n) is 1.88. The Morgan fingerprint density at radius 2 is 2.14 bits per heavy atom. The lowest BCUT2D eigenvalue weighted by Crippen LogP contribution is -2.19. The van der Waals surface area contributed by atoms with Crippen LogP contribution in [0.25, 0.3) is 6.08 Å². The molecule has 0 saturated carbocycles. The largest absolute Gasteiger partial charge is 0.493 e. The zero-order valence-corrected chi connectivity index (χ0v) is 13.3. The molecule has 0 heterocycles. The molecule has 0 fully saturated rings. The number of ether oxygens (including phenoxy) is 2. The molecule has 0 atom stereocenters. The highest BCUT2D eigenvalue weighted by atomic mass is 16.5. The minimum atomic E-state index is -0.415. The highest BCUT2D eigenvalue weighted by Gasteiger charge is 2.09. The van der Waals surface area contributed by atoms with Gasteiger partial charge < -0.3 is 14.8 Å². The monoisotopic (exact) mass is 302 g/mol. The molecule has 118 valence electrons. The van der Waals surface area contributed by atoms with Crippen LogP contribution >= 0.6 is 0 Å². The molecular formula is C17H22N2O3. The molecule has 0 bridgehead atoms. The van der Waals surface area contributed by atoms with E-state index < -0.39 is 5.91 Å². The van der Waals surface area contributed by atoms with E-state index in [9.17, 15) is 4.79 Å². The van der Waals surface area contributed by atoms with Crippen molar-refractivity contribution in [2.24, 2.45) is 0 Å². The van der Waals surface area contributed by atoms with Crippen molar-refractivity contribution in [1.29, 1.82) is 5.26 Å². The minimum absolute atomic E-state index is 0.0427. The van der Waals surface area contributed by atoms with Gasteiger partial charge in [-0.2, -0.15) is 5.26 Å². The van der Waals surface area contributed by atoms with Gasteiger partial charge in [0.2, 0.25) is 0 Å². The molecule has 5 heteroatoms. The van der Waals surface area contributed by atoms with Gasteiger partial charge in [-0.3, -0.25) is 4.79 Å². The molecule has 1 aromatic rings. The van der Waals surface area contributed by atoms with Crippen LogP contribution in [0.2, 0.25) is 0 Å². The number of nitriles is 1. The predicted octanol–water partition coefficient (Wildman–Crippen LogP) is 2.92. The highest BCUT2D eigenvalue weighted by Crippen LogP contribution is 2.29. The lowest BCUT2D eigenvalue weighted by Gasteiger charge is -2.11. The summed E-state index contributed by atoms with van der Waals surface area (Å²) in [6, 6.07) is 7.20. The number of hydrogen-bond donors (Lipinski definition) is 1. The second kappa shape index (κ2) is 9.46. The lowest BCUT2D eigenvalue weighted by molar-refractivity contribution is -0.116. The van der Waals surface area contributed by atoms with E-state index in [4.69, 9.17) is 14.7 Å². The fourth-order valence-corrected chi connectivity index (χ4v) is 1.88. The van der Waals surface area contributed by atoms with Crippen LogP contribution in [-0.2, 0) is 4.79 Å². The molecule has 0 spiro atoms. The van der Waals surface area contributed by atoms with E-state index in [0.29, 0.717) is 23.7 Å². The van der Waals surface area contributed by atoms with Crippen LogP contribution in [0.3, 0.4) is 0 Å². The third kappa shape index (κ3) is 5.13. The quantitative estimate of drug-likeness (QED) is 0.455. The number of carbonyl (C=O) groups is 1. The summed E-state index contributed by atoms with van der Waals surface area (Å²) >= 11 is 0. The van der Waals surface area contributed by atoms with Gasteiger partial charge in [0.15, 0.2) is 11.5 Å². The molecule has 0 saturated heterocycles. The summed E-state index contributed by atoms with van der Waals surface area (Å²) in [7, 11) is 3.05. The third-order valence-corrected chi connectivity index (χ3v) is 3.10. The first-order valence-corrected chi connectivity index (χ1v) is 7.31. The zero-order chi connectivity index (χ0) is 16.4. The summed E-state index contributed by atoms with van der Waals surface area (Å²) in [5.41, 5.74) is 0.749. The Labute approximate surface area is 131 Å². The van der Waals surface area contributed by atoms with Crippen LogP contribution in [0.4, 0.5) is 0 Å². The SMILES string of the molecule is CCCCCOc1ccc(/C=C(/C#N)C(=O)NC)cc1OC. The molecule has 1 aromatic carbocycles. The molecule has 1 rings (SSSR count). The summed E-state index contributed by atoms with van der Waals surface area (Å²) in [5.74, 6) is 0.829.